The van der Waals surface area contributed by atoms with Crippen molar-refractivity contribution in [1.29, 1.82) is 0 Å². The number of ether oxygens (including phenoxy) is 1. The number of carbonyl (C=O) groups is 4. The largest absolute Gasteiger partial charge is 0.480 e. The first-order valence-corrected chi connectivity index (χ1v) is 10.8. The molecule has 0 aromatic heterocycles. The van der Waals surface area contributed by atoms with Crippen molar-refractivity contribution in [2.45, 2.75) is 28.2 Å². The summed E-state index contributed by atoms with van der Waals surface area (Å²) in [5, 5.41) is 29.9. The molecule has 2 aliphatic rings. The molecule has 29 heavy (non-hydrogen) atoms. The number of hydrogen-bond acceptors (Lipinski definition) is 8. The molecule has 15 heteroatoms. The molecule has 0 saturated carbocycles. The average Bonchev–Trinajstić information content (AvgIpc) is 2.89. The Labute approximate surface area is 187 Å². The fourth-order valence-corrected chi connectivity index (χ4v) is 5.64. The van der Waals surface area contributed by atoms with Crippen molar-refractivity contribution in [3.05, 3.63) is 9.93 Å². The van der Waals surface area contributed by atoms with E-state index in [0.717, 1.165) is 28.4 Å². The second kappa shape index (κ2) is 9.40. The number of fused-ring (bicyclic) bond motifs is 1. The van der Waals surface area contributed by atoms with Crippen LogP contribution in [0.2, 0.25) is 0 Å². The van der Waals surface area contributed by atoms with Gasteiger partial charge in [-0.15, -0.1) is 11.8 Å². The topological polar surface area (TPSA) is 153 Å². The molecule has 1 saturated heterocycles. The van der Waals surface area contributed by atoms with E-state index in [-0.39, 0.29) is 15.7 Å². The third kappa shape index (κ3) is 5.76. The predicted octanol–water partition coefficient (Wildman–Crippen LogP) is 1.44. The second-order valence-corrected chi connectivity index (χ2v) is 10.9. The van der Waals surface area contributed by atoms with E-state index < -0.39 is 57.8 Å². The van der Waals surface area contributed by atoms with Crippen LogP contribution < -0.4 is 5.32 Å². The molecule has 162 valence electrons. The minimum Gasteiger partial charge on any atom is -0.480 e. The van der Waals surface area contributed by atoms with E-state index in [1.807, 2.05) is 0 Å². The lowest BCUT2D eigenvalue weighted by atomic mass is 9.92. The number of aliphatic hydroxyl groups is 1. The molecule has 10 nitrogen and oxygen atoms in total. The first-order chi connectivity index (χ1) is 13.3. The Kier molecular flexibility index (Phi) is 7.85. The molecule has 0 spiro atoms. The van der Waals surface area contributed by atoms with Crippen LogP contribution in [0.3, 0.4) is 0 Å². The van der Waals surface area contributed by atoms with Gasteiger partial charge in [0.2, 0.25) is 9.70 Å². The number of carboxylic acid groups (broad SMARTS) is 2. The lowest BCUT2D eigenvalue weighted by molar-refractivity contribution is -0.156. The smallest absolute Gasteiger partial charge is 0.408 e. The highest BCUT2D eigenvalue weighted by atomic mass is 35.6. The summed E-state index contributed by atoms with van der Waals surface area (Å²) in [5.74, 6) is -4.29. The normalized spacial score (nSPS) is 23.2. The number of carbonyl (C=O) groups excluding carboxylic acids is 2. The maximum Gasteiger partial charge on any atom is 0.408 e. The maximum absolute atomic E-state index is 12.1. The number of aliphatic hydroxyl groups excluding tert-OH is 1. The van der Waals surface area contributed by atoms with Crippen LogP contribution in [0.15, 0.2) is 9.93 Å². The van der Waals surface area contributed by atoms with E-state index >= 15 is 0 Å². The van der Waals surface area contributed by atoms with Crippen LogP contribution in [0.4, 0.5) is 4.79 Å². The third-order valence-corrected chi connectivity index (χ3v) is 6.88. The van der Waals surface area contributed by atoms with E-state index in [2.05, 4.69) is 10.1 Å². The maximum atomic E-state index is 12.1. The number of hydrogen-bond donors (Lipinski definition) is 4. The Bertz CT molecular complexity index is 758. The van der Waals surface area contributed by atoms with Crippen molar-refractivity contribution in [1.82, 2.24) is 10.2 Å². The fraction of sp³-hybridized carbons (Fsp3) is 0.571. The number of alkyl carbamates (subject to hydrolysis) is 1. The number of amides is 2. The Hall–Kier alpha value is -1.05. The molecule has 0 radical (unpaired) electrons. The van der Waals surface area contributed by atoms with Crippen LogP contribution in [0, 0.1) is 5.92 Å². The monoisotopic (exact) mass is 508 g/mol. The highest BCUT2D eigenvalue weighted by Gasteiger charge is 2.57. The van der Waals surface area contributed by atoms with Gasteiger partial charge in [-0.05, 0) is 6.92 Å². The highest BCUT2D eigenvalue weighted by molar-refractivity contribution is 8.22. The van der Waals surface area contributed by atoms with Gasteiger partial charge in [0.15, 0.2) is 5.70 Å². The molecule has 0 bridgehead atoms. The van der Waals surface area contributed by atoms with Gasteiger partial charge >= 0.3 is 18.0 Å². The summed E-state index contributed by atoms with van der Waals surface area (Å²) in [6, 6.07) is -1.44. The number of thioether (sulfide) groups is 2. The van der Waals surface area contributed by atoms with Crippen LogP contribution >= 0.6 is 58.3 Å². The van der Waals surface area contributed by atoms with Gasteiger partial charge < -0.3 is 25.4 Å². The van der Waals surface area contributed by atoms with Gasteiger partial charge in [-0.1, -0.05) is 46.6 Å². The van der Waals surface area contributed by atoms with E-state index in [9.17, 15) is 34.5 Å². The van der Waals surface area contributed by atoms with Crippen molar-refractivity contribution in [3.63, 3.8) is 0 Å². The van der Waals surface area contributed by atoms with Gasteiger partial charge in [0, 0.05) is 5.75 Å². The summed E-state index contributed by atoms with van der Waals surface area (Å²) in [4.78, 5) is 47.8. The van der Waals surface area contributed by atoms with Gasteiger partial charge in [-0.3, -0.25) is 9.69 Å². The molecule has 2 heterocycles. The number of aliphatic carboxylic acids is 2. The minimum atomic E-state index is -1.87. The molecule has 2 rings (SSSR count). The molecule has 0 aromatic carbocycles. The number of rotatable bonds is 8. The molecule has 2 aliphatic heterocycles. The SMILES string of the molecule is CC(O)[C@H]1C(=O)N2C(C(=O)O)=C(SC[C@H](NC(=O)OCC(Cl)(Cl)Cl)C(=O)O)S[C@H]12. The van der Waals surface area contributed by atoms with Gasteiger partial charge in [-0.25, -0.2) is 14.4 Å². The highest BCUT2D eigenvalue weighted by Crippen LogP contribution is 2.53. The van der Waals surface area contributed by atoms with Crippen molar-refractivity contribution in [2.24, 2.45) is 5.92 Å². The van der Waals surface area contributed by atoms with Crippen LogP contribution in [0.25, 0.3) is 0 Å². The number of halogens is 3. The molecule has 1 unspecified atom stereocenters. The quantitative estimate of drug-likeness (QED) is 0.279. The zero-order chi connectivity index (χ0) is 22.1. The number of nitrogens with zero attached hydrogens (tertiary/aromatic N) is 1. The van der Waals surface area contributed by atoms with Crippen LogP contribution in [0.1, 0.15) is 6.92 Å². The molecular weight excluding hydrogens is 495 g/mol. The van der Waals surface area contributed by atoms with E-state index in [4.69, 9.17) is 34.8 Å². The van der Waals surface area contributed by atoms with E-state index in [1.165, 1.54) is 6.92 Å². The van der Waals surface area contributed by atoms with Gasteiger partial charge in [0.1, 0.15) is 18.0 Å². The number of β-lactam (4-membered cyclic amide) rings is 1. The average molecular weight is 510 g/mol. The first kappa shape index (κ1) is 24.2. The zero-order valence-corrected chi connectivity index (χ0v) is 18.4. The van der Waals surface area contributed by atoms with Crippen molar-refractivity contribution in [2.75, 3.05) is 12.4 Å². The standard InChI is InChI=1S/C14H15Cl3N2O8S2/c1-4(20)6-8(21)19-7(11(24)25)12(29-9(6)19)28-2-5(10(22)23)18-13(26)27-3-14(15,16)17/h4-6,9,20H,2-3H2,1H3,(H,18,26)(H,22,23)(H,24,25)/t4?,5-,6-,9+/m0/s1. The molecule has 4 N–H and O–H groups in total. The van der Waals surface area contributed by atoms with Crippen molar-refractivity contribution in [3.8, 4) is 0 Å². The number of alkyl halides is 3. The Morgan fingerprint density at radius 1 is 1.34 bits per heavy atom. The molecular formula is C14H15Cl3N2O8S2. The van der Waals surface area contributed by atoms with Crippen LogP contribution in [-0.4, -0.2) is 77.8 Å². The van der Waals surface area contributed by atoms with Gasteiger partial charge in [0.05, 0.1) is 16.3 Å². The third-order valence-electron chi connectivity index (χ3n) is 3.81. The predicted molar refractivity (Wildman–Crippen MR) is 107 cm³/mol. The summed E-state index contributed by atoms with van der Waals surface area (Å²) >= 11 is 18.2. The van der Waals surface area contributed by atoms with E-state index in [1.54, 1.807) is 0 Å². The fourth-order valence-electron chi connectivity index (χ4n) is 2.52. The summed E-state index contributed by atoms with van der Waals surface area (Å²) in [7, 11) is 0. The van der Waals surface area contributed by atoms with Gasteiger partial charge in [-0.2, -0.15) is 0 Å². The lowest BCUT2D eigenvalue weighted by Crippen LogP contribution is -2.60. The number of nitrogens with one attached hydrogen (secondary N) is 1. The Morgan fingerprint density at radius 3 is 2.45 bits per heavy atom. The molecule has 0 aliphatic carbocycles. The van der Waals surface area contributed by atoms with Gasteiger partial charge in [0.25, 0.3) is 0 Å². The molecule has 2 amide bonds. The lowest BCUT2D eigenvalue weighted by Gasteiger charge is -2.43. The summed E-state index contributed by atoms with van der Waals surface area (Å²) in [6.07, 6.45) is -2.10. The first-order valence-electron chi connectivity index (χ1n) is 7.84. The number of carboxylic acids is 2. The minimum absolute atomic E-state index is 0.196. The van der Waals surface area contributed by atoms with Crippen molar-refractivity contribution < 1.29 is 39.2 Å². The molecule has 1 fully saturated rings. The second-order valence-electron chi connectivity index (χ2n) is 5.96. The van der Waals surface area contributed by atoms with E-state index in [0.29, 0.717) is 0 Å². The molecule has 4 atom stereocenters. The van der Waals surface area contributed by atoms with Crippen LogP contribution in [0.5, 0.6) is 0 Å². The summed E-state index contributed by atoms with van der Waals surface area (Å²) < 4.78 is 2.93. The molecule has 0 aromatic rings. The zero-order valence-electron chi connectivity index (χ0n) is 14.5. The van der Waals surface area contributed by atoms with Crippen molar-refractivity contribution >= 4 is 82.3 Å². The summed E-state index contributed by atoms with van der Waals surface area (Å²) in [5.41, 5.74) is -0.283. The Balaban J connectivity index is 2.04. The Morgan fingerprint density at radius 2 is 1.97 bits per heavy atom. The summed E-state index contributed by atoms with van der Waals surface area (Å²) in [6.45, 7) is 0.825. The van der Waals surface area contributed by atoms with Crippen LogP contribution in [-0.2, 0) is 19.1 Å².